The van der Waals surface area contributed by atoms with Crippen molar-refractivity contribution in [1.29, 1.82) is 0 Å². The van der Waals surface area contributed by atoms with Crippen molar-refractivity contribution in [3.8, 4) is 0 Å². The molecule has 0 aliphatic carbocycles. The Balaban J connectivity index is 1.94. The standard InChI is InChI=1S/C16H15FN2O2/c17-13-7-12(8-18-9-13)16(21)19-6-5-11-3-1-2-4-14(11)15(19)10-20/h1-4,7-9,15,20H,5-6,10H2. The molecule has 1 amide bonds. The van der Waals surface area contributed by atoms with Crippen molar-refractivity contribution < 1.29 is 14.3 Å². The van der Waals surface area contributed by atoms with Gasteiger partial charge >= 0.3 is 0 Å². The average molecular weight is 286 g/mol. The number of benzene rings is 1. The smallest absolute Gasteiger partial charge is 0.256 e. The Labute approximate surface area is 121 Å². The van der Waals surface area contributed by atoms with Crippen molar-refractivity contribution in [2.45, 2.75) is 12.5 Å². The lowest BCUT2D eigenvalue weighted by molar-refractivity contribution is 0.0567. The van der Waals surface area contributed by atoms with E-state index in [4.69, 9.17) is 0 Å². The number of aromatic nitrogens is 1. The molecule has 0 bridgehead atoms. The van der Waals surface area contributed by atoms with E-state index in [1.807, 2.05) is 24.3 Å². The summed E-state index contributed by atoms with van der Waals surface area (Å²) < 4.78 is 13.2. The largest absolute Gasteiger partial charge is 0.394 e. The van der Waals surface area contributed by atoms with Gasteiger partial charge in [0, 0.05) is 12.7 Å². The topological polar surface area (TPSA) is 53.4 Å². The number of amides is 1. The third-order valence-electron chi connectivity index (χ3n) is 3.80. The molecule has 1 N–H and O–H groups in total. The molecule has 2 heterocycles. The molecule has 21 heavy (non-hydrogen) atoms. The zero-order valence-corrected chi connectivity index (χ0v) is 11.4. The number of hydrogen-bond donors (Lipinski definition) is 1. The first kappa shape index (κ1) is 13.7. The Morgan fingerprint density at radius 1 is 1.38 bits per heavy atom. The van der Waals surface area contributed by atoms with E-state index in [0.29, 0.717) is 6.54 Å². The Morgan fingerprint density at radius 3 is 2.95 bits per heavy atom. The second-order valence-corrected chi connectivity index (χ2v) is 5.04. The summed E-state index contributed by atoms with van der Waals surface area (Å²) in [6.07, 6.45) is 3.13. The highest BCUT2D eigenvalue weighted by atomic mass is 19.1. The minimum Gasteiger partial charge on any atom is -0.394 e. The quantitative estimate of drug-likeness (QED) is 0.918. The highest BCUT2D eigenvalue weighted by Crippen LogP contribution is 2.30. The number of hydrogen-bond acceptors (Lipinski definition) is 3. The van der Waals surface area contributed by atoms with E-state index in [9.17, 15) is 14.3 Å². The molecule has 1 aromatic carbocycles. The van der Waals surface area contributed by atoms with Crippen LogP contribution in [0.25, 0.3) is 0 Å². The number of carbonyl (C=O) groups excluding carboxylic acids is 1. The molecule has 2 aromatic rings. The lowest BCUT2D eigenvalue weighted by Gasteiger charge is -2.36. The van der Waals surface area contributed by atoms with Gasteiger partial charge in [-0.3, -0.25) is 9.78 Å². The van der Waals surface area contributed by atoms with Crippen LogP contribution in [-0.2, 0) is 6.42 Å². The zero-order chi connectivity index (χ0) is 14.8. The summed E-state index contributed by atoms with van der Waals surface area (Å²) in [6, 6.07) is 8.53. The van der Waals surface area contributed by atoms with E-state index < -0.39 is 11.9 Å². The maximum absolute atomic E-state index is 13.2. The van der Waals surface area contributed by atoms with Crippen molar-refractivity contribution in [2.24, 2.45) is 0 Å². The molecule has 0 spiro atoms. The summed E-state index contributed by atoms with van der Waals surface area (Å²) in [5, 5.41) is 9.68. The van der Waals surface area contributed by atoms with E-state index >= 15 is 0 Å². The summed E-state index contributed by atoms with van der Waals surface area (Å²) >= 11 is 0. The van der Waals surface area contributed by atoms with Crippen LogP contribution in [0.15, 0.2) is 42.7 Å². The fourth-order valence-corrected chi connectivity index (χ4v) is 2.79. The van der Waals surface area contributed by atoms with E-state index in [1.165, 1.54) is 12.3 Å². The van der Waals surface area contributed by atoms with Gasteiger partial charge in [-0.05, 0) is 23.6 Å². The van der Waals surface area contributed by atoms with Crippen LogP contribution in [0.3, 0.4) is 0 Å². The molecular formula is C16H15FN2O2. The van der Waals surface area contributed by atoms with Crippen LogP contribution in [0.1, 0.15) is 27.5 Å². The van der Waals surface area contributed by atoms with Crippen molar-refractivity contribution in [3.05, 3.63) is 65.2 Å². The van der Waals surface area contributed by atoms with Gasteiger partial charge in [-0.2, -0.15) is 0 Å². The molecule has 1 unspecified atom stereocenters. The maximum atomic E-state index is 13.2. The van der Waals surface area contributed by atoms with Crippen molar-refractivity contribution in [1.82, 2.24) is 9.88 Å². The molecule has 5 heteroatoms. The Bertz CT molecular complexity index is 675. The SMILES string of the molecule is O=C(c1cncc(F)c1)N1CCc2ccccc2C1CO. The monoisotopic (exact) mass is 286 g/mol. The fraction of sp³-hybridized carbons (Fsp3) is 0.250. The van der Waals surface area contributed by atoms with Crippen molar-refractivity contribution in [2.75, 3.05) is 13.2 Å². The number of nitrogens with zero attached hydrogens (tertiary/aromatic N) is 2. The summed E-state index contributed by atoms with van der Waals surface area (Å²) in [6.45, 7) is 0.336. The summed E-state index contributed by atoms with van der Waals surface area (Å²) in [5.41, 5.74) is 2.29. The molecule has 0 radical (unpaired) electrons. The lowest BCUT2D eigenvalue weighted by atomic mass is 9.92. The Morgan fingerprint density at radius 2 is 2.19 bits per heavy atom. The minimum absolute atomic E-state index is 0.161. The molecular weight excluding hydrogens is 271 g/mol. The van der Waals surface area contributed by atoms with Crippen molar-refractivity contribution >= 4 is 5.91 Å². The minimum atomic E-state index is -0.543. The highest BCUT2D eigenvalue weighted by molar-refractivity contribution is 5.94. The molecule has 0 fully saturated rings. The van der Waals surface area contributed by atoms with Gasteiger partial charge < -0.3 is 10.0 Å². The number of aliphatic hydroxyl groups is 1. The average Bonchev–Trinajstić information content (AvgIpc) is 2.53. The van der Waals surface area contributed by atoms with E-state index in [1.54, 1.807) is 4.90 Å². The second-order valence-electron chi connectivity index (χ2n) is 5.04. The molecule has 1 aliphatic heterocycles. The number of carbonyl (C=O) groups is 1. The summed E-state index contributed by atoms with van der Waals surface area (Å²) in [4.78, 5) is 17.8. The predicted octanol–water partition coefficient (Wildman–Crippen LogP) is 1.95. The molecule has 0 saturated heterocycles. The Kier molecular flexibility index (Phi) is 3.66. The Hall–Kier alpha value is -2.27. The van der Waals surface area contributed by atoms with Crippen LogP contribution in [0.2, 0.25) is 0 Å². The van der Waals surface area contributed by atoms with Gasteiger partial charge in [0.05, 0.1) is 24.4 Å². The van der Waals surface area contributed by atoms with E-state index in [0.717, 1.165) is 23.7 Å². The zero-order valence-electron chi connectivity index (χ0n) is 11.4. The van der Waals surface area contributed by atoms with Gasteiger partial charge in [0.15, 0.2) is 0 Å². The summed E-state index contributed by atoms with van der Waals surface area (Å²) in [7, 11) is 0. The van der Waals surface area contributed by atoms with E-state index in [2.05, 4.69) is 4.98 Å². The third kappa shape index (κ3) is 2.52. The first-order chi connectivity index (χ1) is 10.2. The van der Waals surface area contributed by atoms with Crippen LogP contribution >= 0.6 is 0 Å². The number of aliphatic hydroxyl groups excluding tert-OH is 1. The third-order valence-corrected chi connectivity index (χ3v) is 3.80. The van der Waals surface area contributed by atoms with Crippen LogP contribution < -0.4 is 0 Å². The van der Waals surface area contributed by atoms with Crippen LogP contribution in [0.5, 0.6) is 0 Å². The predicted molar refractivity (Wildman–Crippen MR) is 75.2 cm³/mol. The van der Waals surface area contributed by atoms with Crippen LogP contribution in [-0.4, -0.2) is 34.0 Å². The first-order valence-electron chi connectivity index (χ1n) is 6.81. The number of rotatable bonds is 2. The molecule has 0 saturated carbocycles. The number of fused-ring (bicyclic) bond motifs is 1. The lowest BCUT2D eigenvalue weighted by Crippen LogP contribution is -2.41. The number of halogens is 1. The molecule has 4 nitrogen and oxygen atoms in total. The van der Waals surface area contributed by atoms with Crippen molar-refractivity contribution in [3.63, 3.8) is 0 Å². The summed E-state index contributed by atoms with van der Waals surface area (Å²) in [5.74, 6) is -0.852. The van der Waals surface area contributed by atoms with Gasteiger partial charge in [-0.1, -0.05) is 24.3 Å². The maximum Gasteiger partial charge on any atom is 0.256 e. The first-order valence-corrected chi connectivity index (χ1v) is 6.81. The van der Waals surface area contributed by atoms with Gasteiger partial charge in [-0.25, -0.2) is 4.39 Å². The normalized spacial score (nSPS) is 17.4. The number of pyridine rings is 1. The molecule has 108 valence electrons. The van der Waals surface area contributed by atoms with E-state index in [-0.39, 0.29) is 18.1 Å². The molecule has 1 atom stereocenters. The highest BCUT2D eigenvalue weighted by Gasteiger charge is 2.30. The second kappa shape index (κ2) is 5.61. The van der Waals surface area contributed by atoms with Gasteiger partial charge in [-0.15, -0.1) is 0 Å². The van der Waals surface area contributed by atoms with Gasteiger partial charge in [0.2, 0.25) is 0 Å². The molecule has 3 rings (SSSR count). The van der Waals surface area contributed by atoms with Crippen LogP contribution in [0, 0.1) is 5.82 Å². The van der Waals surface area contributed by atoms with Crippen LogP contribution in [0.4, 0.5) is 4.39 Å². The molecule has 1 aliphatic rings. The van der Waals surface area contributed by atoms with Gasteiger partial charge in [0.1, 0.15) is 5.82 Å². The van der Waals surface area contributed by atoms with Gasteiger partial charge in [0.25, 0.3) is 5.91 Å². The fourth-order valence-electron chi connectivity index (χ4n) is 2.79. The molecule has 1 aromatic heterocycles.